The number of amides is 3. The van der Waals surface area contributed by atoms with Gasteiger partial charge in [0.1, 0.15) is 5.75 Å². The molecule has 2 aromatic rings. The highest BCUT2D eigenvalue weighted by Gasteiger charge is 2.31. The van der Waals surface area contributed by atoms with Crippen molar-refractivity contribution >= 4 is 29.1 Å². The second-order valence-corrected chi connectivity index (χ2v) is 7.33. The molecule has 0 aliphatic carbocycles. The molecule has 0 unspecified atom stereocenters. The van der Waals surface area contributed by atoms with Gasteiger partial charge >= 0.3 is 6.36 Å². The van der Waals surface area contributed by atoms with E-state index in [-0.39, 0.29) is 24.0 Å². The molecule has 7 nitrogen and oxygen atoms in total. The van der Waals surface area contributed by atoms with Gasteiger partial charge in [-0.05, 0) is 61.4 Å². The first-order valence-electron chi connectivity index (χ1n) is 9.94. The van der Waals surface area contributed by atoms with Crippen LogP contribution in [0.25, 0.3) is 0 Å². The summed E-state index contributed by atoms with van der Waals surface area (Å²) < 4.78 is 40.4. The lowest BCUT2D eigenvalue weighted by Crippen LogP contribution is -2.36. The standard InChI is InChI=1S/C22H22F3N3O4/c1-27(14-19(29)26-16-7-11-18(12-8-16)32-22(23,24)25)21(31)15-5-9-17(10-6-15)28-13-3-2-4-20(28)30/h5-12H,2-4,13-14H2,1H3,(H,26,29). The Bertz CT molecular complexity index is 975. The number of alkyl halides is 3. The Morgan fingerprint density at radius 1 is 1.06 bits per heavy atom. The molecule has 3 amide bonds. The van der Waals surface area contributed by atoms with E-state index in [9.17, 15) is 27.6 Å². The van der Waals surface area contributed by atoms with E-state index in [1.54, 1.807) is 29.2 Å². The number of hydrogen-bond acceptors (Lipinski definition) is 4. The summed E-state index contributed by atoms with van der Waals surface area (Å²) in [6, 6.07) is 11.3. The topological polar surface area (TPSA) is 79.0 Å². The van der Waals surface area contributed by atoms with Crippen LogP contribution in [0, 0.1) is 0 Å². The maximum absolute atomic E-state index is 12.6. The van der Waals surface area contributed by atoms with Crippen molar-refractivity contribution in [2.45, 2.75) is 25.6 Å². The number of nitrogens with one attached hydrogen (secondary N) is 1. The third-order valence-electron chi connectivity index (χ3n) is 4.85. The molecule has 1 fully saturated rings. The van der Waals surface area contributed by atoms with Crippen LogP contribution in [-0.4, -0.2) is 49.1 Å². The first-order chi connectivity index (χ1) is 15.1. The molecule has 1 N–H and O–H groups in total. The zero-order valence-corrected chi connectivity index (χ0v) is 17.3. The summed E-state index contributed by atoms with van der Waals surface area (Å²) in [5.41, 5.74) is 1.35. The van der Waals surface area contributed by atoms with Gasteiger partial charge in [0.05, 0.1) is 6.54 Å². The molecule has 0 bridgehead atoms. The molecular weight excluding hydrogens is 427 g/mol. The third-order valence-corrected chi connectivity index (χ3v) is 4.85. The van der Waals surface area contributed by atoms with Gasteiger partial charge < -0.3 is 19.9 Å². The SMILES string of the molecule is CN(CC(=O)Nc1ccc(OC(F)(F)F)cc1)C(=O)c1ccc(N2CCCCC2=O)cc1. The Labute approximate surface area is 182 Å². The number of carbonyl (C=O) groups is 3. The van der Waals surface area contributed by atoms with Gasteiger partial charge in [-0.15, -0.1) is 13.2 Å². The molecule has 1 aliphatic rings. The van der Waals surface area contributed by atoms with E-state index in [0.717, 1.165) is 30.7 Å². The lowest BCUT2D eigenvalue weighted by atomic mass is 10.1. The number of carbonyl (C=O) groups excluding carboxylic acids is 3. The highest BCUT2D eigenvalue weighted by Crippen LogP contribution is 2.24. The molecule has 2 aromatic carbocycles. The average Bonchev–Trinajstić information content (AvgIpc) is 2.74. The molecule has 0 saturated carbocycles. The molecular formula is C22H22F3N3O4. The molecule has 32 heavy (non-hydrogen) atoms. The maximum Gasteiger partial charge on any atom is 0.573 e. The van der Waals surface area contributed by atoms with Crippen LogP contribution in [0.1, 0.15) is 29.6 Å². The van der Waals surface area contributed by atoms with Crippen molar-refractivity contribution in [1.29, 1.82) is 0 Å². The number of ether oxygens (including phenoxy) is 1. The number of benzene rings is 2. The maximum atomic E-state index is 12.6. The highest BCUT2D eigenvalue weighted by atomic mass is 19.4. The number of halogens is 3. The van der Waals surface area contributed by atoms with E-state index in [4.69, 9.17) is 0 Å². The first kappa shape index (κ1) is 23.1. The monoisotopic (exact) mass is 449 g/mol. The van der Waals surface area contributed by atoms with Crippen molar-refractivity contribution in [2.75, 3.05) is 30.4 Å². The van der Waals surface area contributed by atoms with Gasteiger partial charge in [-0.3, -0.25) is 14.4 Å². The van der Waals surface area contributed by atoms with Crippen molar-refractivity contribution in [1.82, 2.24) is 4.90 Å². The largest absolute Gasteiger partial charge is 0.573 e. The van der Waals surface area contributed by atoms with E-state index < -0.39 is 18.0 Å². The molecule has 0 aromatic heterocycles. The van der Waals surface area contributed by atoms with Gasteiger partial charge in [-0.1, -0.05) is 0 Å². The van der Waals surface area contributed by atoms with E-state index in [1.807, 2.05) is 0 Å². The first-order valence-corrected chi connectivity index (χ1v) is 9.94. The predicted molar refractivity (Wildman–Crippen MR) is 111 cm³/mol. The van der Waals surface area contributed by atoms with Crippen LogP contribution < -0.4 is 15.0 Å². The van der Waals surface area contributed by atoms with E-state index in [2.05, 4.69) is 10.1 Å². The number of rotatable bonds is 6. The van der Waals surface area contributed by atoms with Crippen LogP contribution in [0.5, 0.6) is 5.75 Å². The summed E-state index contributed by atoms with van der Waals surface area (Å²) in [6.45, 7) is 0.390. The van der Waals surface area contributed by atoms with Gasteiger partial charge in [0.2, 0.25) is 11.8 Å². The number of likely N-dealkylation sites (N-methyl/N-ethyl adjacent to an activating group) is 1. The van der Waals surface area contributed by atoms with Crippen LogP contribution in [0.2, 0.25) is 0 Å². The fourth-order valence-corrected chi connectivity index (χ4v) is 3.31. The van der Waals surface area contributed by atoms with E-state index in [0.29, 0.717) is 18.5 Å². The normalized spacial score (nSPS) is 14.1. The quantitative estimate of drug-likeness (QED) is 0.728. The number of anilines is 2. The Balaban J connectivity index is 1.54. The zero-order chi connectivity index (χ0) is 23.3. The minimum atomic E-state index is -4.80. The van der Waals surface area contributed by atoms with Crippen LogP contribution in [0.4, 0.5) is 24.5 Å². The van der Waals surface area contributed by atoms with Crippen LogP contribution in [0.3, 0.4) is 0 Å². The molecule has 1 aliphatic heterocycles. The smallest absolute Gasteiger partial charge is 0.406 e. The molecule has 1 heterocycles. The van der Waals surface area contributed by atoms with Crippen molar-refractivity contribution in [2.24, 2.45) is 0 Å². The van der Waals surface area contributed by atoms with E-state index in [1.165, 1.54) is 24.1 Å². The molecule has 0 atom stereocenters. The summed E-state index contributed by atoms with van der Waals surface area (Å²) in [6.07, 6.45) is -2.47. The minimum Gasteiger partial charge on any atom is -0.406 e. The molecule has 10 heteroatoms. The Kier molecular flexibility index (Phi) is 7.01. The van der Waals surface area contributed by atoms with Gasteiger partial charge in [0.15, 0.2) is 0 Å². The summed E-state index contributed by atoms with van der Waals surface area (Å²) in [4.78, 5) is 39.7. The predicted octanol–water partition coefficient (Wildman–Crippen LogP) is 3.81. The summed E-state index contributed by atoms with van der Waals surface area (Å²) in [7, 11) is 1.46. The molecule has 1 saturated heterocycles. The van der Waals surface area contributed by atoms with Crippen LogP contribution in [-0.2, 0) is 9.59 Å². The Morgan fingerprint density at radius 2 is 1.72 bits per heavy atom. The Hall–Kier alpha value is -3.56. The fourth-order valence-electron chi connectivity index (χ4n) is 3.31. The second-order valence-electron chi connectivity index (χ2n) is 7.33. The van der Waals surface area contributed by atoms with Crippen molar-refractivity contribution in [3.8, 4) is 5.75 Å². The van der Waals surface area contributed by atoms with Crippen LogP contribution >= 0.6 is 0 Å². The molecule has 0 spiro atoms. The minimum absolute atomic E-state index is 0.0575. The number of hydrogen-bond donors (Lipinski definition) is 1. The van der Waals surface area contributed by atoms with Gasteiger partial charge in [0.25, 0.3) is 5.91 Å². The van der Waals surface area contributed by atoms with Gasteiger partial charge in [-0.2, -0.15) is 0 Å². The van der Waals surface area contributed by atoms with Crippen molar-refractivity contribution < 1.29 is 32.3 Å². The van der Waals surface area contributed by atoms with Crippen LogP contribution in [0.15, 0.2) is 48.5 Å². The number of nitrogens with zero attached hydrogens (tertiary/aromatic N) is 2. The van der Waals surface area contributed by atoms with Crippen molar-refractivity contribution in [3.05, 3.63) is 54.1 Å². The lowest BCUT2D eigenvalue weighted by molar-refractivity contribution is -0.274. The zero-order valence-electron chi connectivity index (χ0n) is 17.3. The fraction of sp³-hybridized carbons (Fsp3) is 0.318. The van der Waals surface area contributed by atoms with Crippen molar-refractivity contribution in [3.63, 3.8) is 0 Å². The van der Waals surface area contributed by atoms with Gasteiger partial charge in [0, 0.05) is 37.0 Å². The third kappa shape index (κ3) is 6.22. The Morgan fingerprint density at radius 3 is 2.31 bits per heavy atom. The van der Waals surface area contributed by atoms with E-state index >= 15 is 0 Å². The molecule has 170 valence electrons. The van der Waals surface area contributed by atoms with Gasteiger partial charge in [-0.25, -0.2) is 0 Å². The highest BCUT2D eigenvalue weighted by molar-refractivity contribution is 6.00. The summed E-state index contributed by atoms with van der Waals surface area (Å²) in [5, 5.41) is 2.51. The summed E-state index contributed by atoms with van der Waals surface area (Å²) in [5.74, 6) is -1.24. The second kappa shape index (κ2) is 9.71. The number of piperidine rings is 1. The molecule has 0 radical (unpaired) electrons. The summed E-state index contributed by atoms with van der Waals surface area (Å²) >= 11 is 0. The lowest BCUT2D eigenvalue weighted by Gasteiger charge is -2.27. The molecule has 3 rings (SSSR count). The average molecular weight is 449 g/mol.